The molecule has 52 heavy (non-hydrogen) atoms. The van der Waals surface area contributed by atoms with Gasteiger partial charge < -0.3 is 4.57 Å². The number of para-hydroxylation sites is 2. The molecule has 0 aliphatic heterocycles. The lowest BCUT2D eigenvalue weighted by molar-refractivity contribution is 0.769. The third-order valence-electron chi connectivity index (χ3n) is 11.1. The van der Waals surface area contributed by atoms with Crippen LogP contribution >= 0.6 is 0 Å². The van der Waals surface area contributed by atoms with Gasteiger partial charge in [-0.2, -0.15) is 5.10 Å². The molecule has 1 aliphatic carbocycles. The molecule has 0 unspecified atom stereocenters. The van der Waals surface area contributed by atoms with E-state index in [0.29, 0.717) is 0 Å². The van der Waals surface area contributed by atoms with E-state index in [4.69, 9.17) is 10.1 Å². The summed E-state index contributed by atoms with van der Waals surface area (Å²) in [5.41, 5.74) is 14.7. The minimum atomic E-state index is -0.469. The van der Waals surface area contributed by atoms with Gasteiger partial charge in [0.2, 0.25) is 0 Å². The van der Waals surface area contributed by atoms with Crippen molar-refractivity contribution in [1.29, 1.82) is 0 Å². The van der Waals surface area contributed by atoms with Crippen molar-refractivity contribution >= 4 is 38.2 Å². The van der Waals surface area contributed by atoms with Gasteiger partial charge in [0.15, 0.2) is 5.82 Å². The van der Waals surface area contributed by atoms with E-state index in [2.05, 4.69) is 174 Å². The minimum absolute atomic E-state index is 0.469. The van der Waals surface area contributed by atoms with E-state index >= 15 is 0 Å². The monoisotopic (exact) mass is 664 g/mol. The summed E-state index contributed by atoms with van der Waals surface area (Å²) in [6.45, 7) is 2.04. The Morgan fingerprint density at radius 2 is 1.13 bits per heavy atom. The zero-order valence-electron chi connectivity index (χ0n) is 28.5. The number of benzene rings is 7. The lowest BCUT2D eigenvalue weighted by atomic mass is 9.67. The summed E-state index contributed by atoms with van der Waals surface area (Å²) < 4.78 is 4.42. The Morgan fingerprint density at radius 3 is 1.90 bits per heavy atom. The highest BCUT2D eigenvalue weighted by Gasteiger charge is 2.46. The maximum Gasteiger partial charge on any atom is 0.161 e. The molecule has 7 aromatic carbocycles. The van der Waals surface area contributed by atoms with Crippen LogP contribution in [0.4, 0.5) is 0 Å². The van der Waals surface area contributed by atoms with Crippen LogP contribution in [0.5, 0.6) is 0 Å². The first-order valence-corrected chi connectivity index (χ1v) is 17.8. The quantitative estimate of drug-likeness (QED) is 0.188. The first kappa shape index (κ1) is 29.0. The summed E-state index contributed by atoms with van der Waals surface area (Å²) in [4.78, 5) is 5.11. The van der Waals surface area contributed by atoms with E-state index in [-0.39, 0.29) is 0 Å². The summed E-state index contributed by atoms with van der Waals surface area (Å²) >= 11 is 0. The van der Waals surface area contributed by atoms with Crippen LogP contribution in [0.2, 0.25) is 0 Å². The van der Waals surface area contributed by atoms with Crippen LogP contribution in [-0.2, 0) is 5.41 Å². The van der Waals surface area contributed by atoms with Crippen molar-refractivity contribution in [2.75, 3.05) is 0 Å². The van der Waals surface area contributed by atoms with Crippen molar-refractivity contribution in [3.63, 3.8) is 0 Å². The first-order valence-electron chi connectivity index (χ1n) is 17.8. The van der Waals surface area contributed by atoms with Gasteiger partial charge in [-0.1, -0.05) is 121 Å². The molecule has 0 fully saturated rings. The Bertz CT molecular complexity index is 2970. The molecule has 4 heteroatoms. The second-order valence-corrected chi connectivity index (χ2v) is 13.9. The molecule has 0 spiro atoms. The zero-order chi connectivity index (χ0) is 34.4. The van der Waals surface area contributed by atoms with Crippen LogP contribution in [0.15, 0.2) is 176 Å². The fraction of sp³-hybridized carbons (Fsp3) is 0.0417. The maximum atomic E-state index is 5.11. The van der Waals surface area contributed by atoms with Gasteiger partial charge in [0.05, 0.1) is 33.2 Å². The van der Waals surface area contributed by atoms with Crippen molar-refractivity contribution in [2.45, 2.75) is 12.3 Å². The summed E-state index contributed by atoms with van der Waals surface area (Å²) in [6.07, 6.45) is 0. The summed E-state index contributed by atoms with van der Waals surface area (Å²) in [6, 6.07) is 64.0. The fourth-order valence-electron chi connectivity index (χ4n) is 8.93. The molecule has 10 aromatic rings. The van der Waals surface area contributed by atoms with E-state index in [1.54, 1.807) is 0 Å². The van der Waals surface area contributed by atoms with Crippen molar-refractivity contribution < 1.29 is 0 Å². The third-order valence-corrected chi connectivity index (χ3v) is 11.1. The lowest BCUT2D eigenvalue weighted by Crippen LogP contribution is -2.28. The van der Waals surface area contributed by atoms with Crippen LogP contribution in [-0.4, -0.2) is 19.2 Å². The highest BCUT2D eigenvalue weighted by Crippen LogP contribution is 2.57. The fourth-order valence-corrected chi connectivity index (χ4v) is 8.93. The first-order chi connectivity index (χ1) is 25.7. The van der Waals surface area contributed by atoms with Gasteiger partial charge in [0.1, 0.15) is 0 Å². The van der Waals surface area contributed by atoms with Gasteiger partial charge in [-0.15, -0.1) is 0 Å². The van der Waals surface area contributed by atoms with Gasteiger partial charge >= 0.3 is 0 Å². The molecule has 11 rings (SSSR count). The van der Waals surface area contributed by atoms with Crippen LogP contribution in [0.3, 0.4) is 0 Å². The highest BCUT2D eigenvalue weighted by molar-refractivity contribution is 6.12. The number of nitrogens with zero attached hydrogens (tertiary/aromatic N) is 4. The molecule has 1 aliphatic rings. The van der Waals surface area contributed by atoms with Crippen molar-refractivity contribution in [3.8, 4) is 28.2 Å². The molecule has 0 saturated heterocycles. The Balaban J connectivity index is 1.17. The lowest BCUT2D eigenvalue weighted by Gasteiger charge is -2.34. The third kappa shape index (κ3) is 3.92. The number of hydrogen-bond donors (Lipinski definition) is 0. The molecule has 0 atom stereocenters. The second kappa shape index (κ2) is 10.9. The van der Waals surface area contributed by atoms with E-state index in [1.165, 1.54) is 55.2 Å². The average molecular weight is 665 g/mol. The number of hydrogen-bond acceptors (Lipinski definition) is 2. The Hall–Kier alpha value is -6.78. The molecule has 0 amide bonds. The standard InChI is InChI=1S/C48H32N4/c1-31-28-46-38-20-9-12-22-43(38)49-47(52(46)50-31)32-24-26-35(27-25-32)51-44-23-13-10-19-37(44)40-29-39-36-18-8-11-21-41(36)48(42(39)30-45(40)51,33-14-4-2-5-15-33)34-16-6-3-7-17-34/h2-30H,1H3. The van der Waals surface area contributed by atoms with Gasteiger partial charge in [0, 0.05) is 27.4 Å². The van der Waals surface area contributed by atoms with E-state index in [1.807, 2.05) is 17.5 Å². The van der Waals surface area contributed by atoms with E-state index in [9.17, 15) is 0 Å². The molecule has 0 N–H and O–H groups in total. The highest BCUT2D eigenvalue weighted by atomic mass is 15.3. The molecule has 244 valence electrons. The SMILES string of the molecule is Cc1cc2c3ccccc3nc(-c3ccc(-n4c5ccccc5c5cc6c(cc54)C(c4ccccc4)(c4ccccc4)c4ccccc4-6)cc3)n2n1. The summed E-state index contributed by atoms with van der Waals surface area (Å²) in [5.74, 6) is 0.835. The summed E-state index contributed by atoms with van der Waals surface area (Å²) in [5, 5.41) is 8.44. The zero-order valence-corrected chi connectivity index (χ0v) is 28.5. The Kier molecular flexibility index (Phi) is 6.06. The van der Waals surface area contributed by atoms with Crippen LogP contribution in [0, 0.1) is 6.92 Å². The number of fused-ring (bicyclic) bond motifs is 9. The van der Waals surface area contributed by atoms with Crippen LogP contribution < -0.4 is 0 Å². The predicted octanol–water partition coefficient (Wildman–Crippen LogP) is 11.3. The number of rotatable bonds is 4. The van der Waals surface area contributed by atoms with Crippen molar-refractivity contribution in [2.24, 2.45) is 0 Å². The molecule has 0 radical (unpaired) electrons. The van der Waals surface area contributed by atoms with Gasteiger partial charge in [-0.25, -0.2) is 9.50 Å². The van der Waals surface area contributed by atoms with E-state index in [0.717, 1.165) is 39.2 Å². The van der Waals surface area contributed by atoms with Crippen LogP contribution in [0.25, 0.3) is 66.4 Å². The number of aryl methyl sites for hydroxylation is 1. The average Bonchev–Trinajstić information content (AvgIpc) is 3.85. The number of aromatic nitrogens is 4. The molecule has 3 heterocycles. The second-order valence-electron chi connectivity index (χ2n) is 13.9. The molecular weight excluding hydrogens is 633 g/mol. The predicted molar refractivity (Wildman–Crippen MR) is 212 cm³/mol. The maximum absolute atomic E-state index is 5.11. The Labute approximate surface area is 300 Å². The van der Waals surface area contributed by atoms with E-state index < -0.39 is 5.41 Å². The molecule has 0 saturated carbocycles. The van der Waals surface area contributed by atoms with Gasteiger partial charge in [0.25, 0.3) is 0 Å². The largest absolute Gasteiger partial charge is 0.309 e. The molecule has 0 bridgehead atoms. The smallest absolute Gasteiger partial charge is 0.161 e. The van der Waals surface area contributed by atoms with Crippen LogP contribution in [0.1, 0.15) is 27.9 Å². The topological polar surface area (TPSA) is 35.1 Å². The van der Waals surface area contributed by atoms with Gasteiger partial charge in [-0.3, -0.25) is 0 Å². The minimum Gasteiger partial charge on any atom is -0.309 e. The van der Waals surface area contributed by atoms with Crippen molar-refractivity contribution in [3.05, 3.63) is 204 Å². The molecule has 4 nitrogen and oxygen atoms in total. The Morgan fingerprint density at radius 1 is 0.481 bits per heavy atom. The normalized spacial score (nSPS) is 13.2. The molecule has 3 aromatic heterocycles. The molecular formula is C48H32N4. The summed E-state index contributed by atoms with van der Waals surface area (Å²) in [7, 11) is 0. The van der Waals surface area contributed by atoms with Gasteiger partial charge in [-0.05, 0) is 94.9 Å². The van der Waals surface area contributed by atoms with Crippen molar-refractivity contribution in [1.82, 2.24) is 19.2 Å².